The fraction of sp³-hybridized carbons (Fsp3) is 0.625. The molecule has 0 saturated carbocycles. The van der Waals surface area contributed by atoms with E-state index in [-0.39, 0.29) is 6.04 Å². The summed E-state index contributed by atoms with van der Waals surface area (Å²) in [6, 6.07) is 2.94. The average Bonchev–Trinajstić information content (AvgIpc) is 3.06. The van der Waals surface area contributed by atoms with E-state index in [9.17, 15) is 9.59 Å². The molecule has 3 rings (SSSR count). The lowest BCUT2D eigenvalue weighted by Gasteiger charge is -2.33. The van der Waals surface area contributed by atoms with Gasteiger partial charge in [0.15, 0.2) is 0 Å². The third-order valence-electron chi connectivity index (χ3n) is 4.52. The number of carbonyl (C=O) groups is 2. The number of nitrogens with zero attached hydrogens (tertiary/aromatic N) is 4. The van der Waals surface area contributed by atoms with Crippen LogP contribution in [0.1, 0.15) is 49.4 Å². The maximum atomic E-state index is 12.4. The van der Waals surface area contributed by atoms with Crippen LogP contribution < -0.4 is 0 Å². The van der Waals surface area contributed by atoms with E-state index in [0.29, 0.717) is 24.0 Å². The molecule has 0 bridgehead atoms. The number of likely N-dealkylation sites (tertiary alicyclic amines) is 2. The Morgan fingerprint density at radius 1 is 1.00 bits per heavy atom. The fourth-order valence-corrected chi connectivity index (χ4v) is 4.46. The zero-order valence-electron chi connectivity index (χ0n) is 13.5. The predicted octanol–water partition coefficient (Wildman–Crippen LogP) is 5.11. The van der Waals surface area contributed by atoms with Crippen LogP contribution in [-0.4, -0.2) is 41.5 Å². The number of carbonyl (C=O) groups excluding carboxylic acids is 2. The molecule has 0 N–H and O–H groups in total. The topological polar surface area (TPSA) is 65.3 Å². The summed E-state index contributed by atoms with van der Waals surface area (Å²) in [7, 11) is 0. The summed E-state index contributed by atoms with van der Waals surface area (Å²) in [6.07, 6.45) is 6.01. The van der Waals surface area contributed by atoms with Crippen LogP contribution in [0.25, 0.3) is 0 Å². The Morgan fingerprint density at radius 2 is 1.71 bits per heavy atom. The van der Waals surface area contributed by atoms with Crippen LogP contribution in [0, 0.1) is 0 Å². The fourth-order valence-electron chi connectivity index (χ4n) is 3.26. The molecule has 6 nitrogen and oxygen atoms in total. The van der Waals surface area contributed by atoms with Crippen molar-refractivity contribution in [1.29, 1.82) is 0 Å². The van der Waals surface area contributed by atoms with Crippen molar-refractivity contribution in [3.05, 3.63) is 21.3 Å². The molecule has 2 fully saturated rings. The number of halogens is 1. The van der Waals surface area contributed by atoms with E-state index in [2.05, 4.69) is 10.2 Å². The van der Waals surface area contributed by atoms with Gasteiger partial charge in [-0.05, 0) is 50.7 Å². The Balaban J connectivity index is 1.65. The average molecular weight is 369 g/mol. The van der Waals surface area contributed by atoms with Crippen molar-refractivity contribution in [1.82, 2.24) is 9.80 Å². The lowest BCUT2D eigenvalue weighted by atomic mass is 10.0. The highest BCUT2D eigenvalue weighted by Crippen LogP contribution is 2.36. The van der Waals surface area contributed by atoms with Crippen LogP contribution in [0.5, 0.6) is 0 Å². The second-order valence-corrected chi connectivity index (χ2v) is 7.91. The summed E-state index contributed by atoms with van der Waals surface area (Å²) in [5, 5.41) is 7.35. The van der Waals surface area contributed by atoms with E-state index in [1.54, 1.807) is 9.80 Å². The van der Waals surface area contributed by atoms with Crippen molar-refractivity contribution in [3.63, 3.8) is 0 Å². The zero-order valence-corrected chi connectivity index (χ0v) is 15.1. The summed E-state index contributed by atoms with van der Waals surface area (Å²) < 4.78 is 0.713. The first kappa shape index (κ1) is 17.4. The molecule has 0 radical (unpaired) electrons. The van der Waals surface area contributed by atoms with Gasteiger partial charge >= 0.3 is 12.1 Å². The number of rotatable bonds is 1. The van der Waals surface area contributed by atoms with Crippen LogP contribution >= 0.6 is 22.9 Å². The van der Waals surface area contributed by atoms with Gasteiger partial charge in [-0.15, -0.1) is 11.3 Å². The van der Waals surface area contributed by atoms with Crippen LogP contribution in [0.3, 0.4) is 0 Å². The maximum absolute atomic E-state index is 12.4. The summed E-state index contributed by atoms with van der Waals surface area (Å²) in [6.45, 7) is 2.04. The number of thiophene rings is 1. The highest BCUT2D eigenvalue weighted by molar-refractivity contribution is 7.16. The Bertz CT molecular complexity index is 627. The van der Waals surface area contributed by atoms with Crippen LogP contribution in [0.2, 0.25) is 4.34 Å². The Hall–Kier alpha value is -1.47. The molecular formula is C16H21ClN4O2S. The van der Waals surface area contributed by atoms with Gasteiger partial charge in [-0.25, -0.2) is 9.59 Å². The molecule has 2 aliphatic rings. The smallest absolute Gasteiger partial charge is 0.322 e. The number of piperidine rings is 2. The third-order valence-corrected chi connectivity index (χ3v) is 5.85. The lowest BCUT2D eigenvalue weighted by molar-refractivity contribution is 0.159. The number of hydrogen-bond donors (Lipinski definition) is 0. The van der Waals surface area contributed by atoms with E-state index in [1.807, 2.05) is 12.1 Å². The molecule has 24 heavy (non-hydrogen) atoms. The molecule has 2 aliphatic heterocycles. The number of urea groups is 2. The van der Waals surface area contributed by atoms with E-state index >= 15 is 0 Å². The van der Waals surface area contributed by atoms with Crippen LogP contribution in [0.15, 0.2) is 22.4 Å². The normalized spacial score (nSPS) is 22.1. The summed E-state index contributed by atoms with van der Waals surface area (Å²) in [5.74, 6) is 0. The second kappa shape index (κ2) is 8.07. The molecule has 1 unspecified atom stereocenters. The van der Waals surface area contributed by atoms with Gasteiger partial charge in [0.1, 0.15) is 0 Å². The highest BCUT2D eigenvalue weighted by atomic mass is 35.5. The maximum Gasteiger partial charge on any atom is 0.362 e. The monoisotopic (exact) mass is 368 g/mol. The molecule has 0 aliphatic carbocycles. The van der Waals surface area contributed by atoms with Gasteiger partial charge in [-0.2, -0.15) is 0 Å². The molecule has 0 spiro atoms. The molecular weight excluding hydrogens is 348 g/mol. The molecule has 2 saturated heterocycles. The third kappa shape index (κ3) is 4.13. The number of hydrogen-bond acceptors (Lipinski definition) is 3. The van der Waals surface area contributed by atoms with Crippen molar-refractivity contribution in [2.45, 2.75) is 44.6 Å². The molecule has 1 aromatic rings. The minimum atomic E-state index is -0.436. The van der Waals surface area contributed by atoms with Crippen molar-refractivity contribution in [2.75, 3.05) is 19.6 Å². The summed E-state index contributed by atoms with van der Waals surface area (Å²) >= 11 is 7.51. The van der Waals surface area contributed by atoms with E-state index < -0.39 is 12.1 Å². The van der Waals surface area contributed by atoms with E-state index in [4.69, 9.17) is 11.6 Å². The Labute approximate surface area is 150 Å². The molecule has 1 aromatic heterocycles. The van der Waals surface area contributed by atoms with E-state index in [0.717, 1.165) is 43.4 Å². The summed E-state index contributed by atoms with van der Waals surface area (Å²) in [5.41, 5.74) is 0. The lowest BCUT2D eigenvalue weighted by Crippen LogP contribution is -2.37. The van der Waals surface area contributed by atoms with Gasteiger partial charge < -0.3 is 9.80 Å². The van der Waals surface area contributed by atoms with Gasteiger partial charge in [0, 0.05) is 24.5 Å². The summed E-state index contributed by atoms with van der Waals surface area (Å²) in [4.78, 5) is 28.9. The predicted molar refractivity (Wildman–Crippen MR) is 93.7 cm³/mol. The SMILES string of the molecule is O=C(N=NC(=O)N1CCCCC1c1ccc(Cl)s1)N1CCCCC1. The largest absolute Gasteiger partial charge is 0.362 e. The van der Waals surface area contributed by atoms with Gasteiger partial charge in [0.05, 0.1) is 10.4 Å². The molecule has 4 amide bonds. The first-order valence-corrected chi connectivity index (χ1v) is 9.61. The molecule has 3 heterocycles. The minimum Gasteiger partial charge on any atom is -0.322 e. The van der Waals surface area contributed by atoms with E-state index in [1.165, 1.54) is 11.3 Å². The van der Waals surface area contributed by atoms with Crippen LogP contribution in [-0.2, 0) is 0 Å². The van der Waals surface area contributed by atoms with Crippen molar-refractivity contribution < 1.29 is 9.59 Å². The number of amides is 4. The Kier molecular flexibility index (Phi) is 5.84. The van der Waals surface area contributed by atoms with Gasteiger partial charge in [0.2, 0.25) is 0 Å². The van der Waals surface area contributed by atoms with Crippen molar-refractivity contribution in [2.24, 2.45) is 10.2 Å². The van der Waals surface area contributed by atoms with Gasteiger partial charge in [-0.1, -0.05) is 21.8 Å². The standard InChI is InChI=1S/C16H21ClN4O2S/c17-14-8-7-13(24-14)12-6-2-5-11-21(12)16(23)19-18-15(22)20-9-3-1-4-10-20/h7-8,12H,1-6,9-11H2. The molecule has 1 atom stereocenters. The second-order valence-electron chi connectivity index (χ2n) is 6.16. The minimum absolute atomic E-state index is 0.0206. The van der Waals surface area contributed by atoms with Gasteiger partial charge in [-0.3, -0.25) is 0 Å². The van der Waals surface area contributed by atoms with Crippen molar-refractivity contribution in [3.8, 4) is 0 Å². The van der Waals surface area contributed by atoms with Crippen LogP contribution in [0.4, 0.5) is 9.59 Å². The molecule has 8 heteroatoms. The van der Waals surface area contributed by atoms with Gasteiger partial charge in [0.25, 0.3) is 0 Å². The quantitative estimate of drug-likeness (QED) is 0.646. The first-order valence-electron chi connectivity index (χ1n) is 8.41. The molecule has 0 aromatic carbocycles. The first-order chi connectivity index (χ1) is 11.6. The van der Waals surface area contributed by atoms with Crippen molar-refractivity contribution >= 4 is 35.0 Å². The Morgan fingerprint density at radius 3 is 2.42 bits per heavy atom. The zero-order chi connectivity index (χ0) is 16.9. The highest BCUT2D eigenvalue weighted by Gasteiger charge is 2.29. The molecule has 130 valence electrons. The number of azo groups is 1.